The van der Waals surface area contributed by atoms with Crippen LogP contribution in [0, 0.1) is 0 Å². The second kappa shape index (κ2) is 8.83. The Morgan fingerprint density at radius 2 is 1.55 bits per heavy atom. The van der Waals surface area contributed by atoms with Crippen molar-refractivity contribution in [2.75, 3.05) is 0 Å². The van der Waals surface area contributed by atoms with E-state index in [1.165, 1.54) is 0 Å². The van der Waals surface area contributed by atoms with Crippen molar-refractivity contribution in [3.63, 3.8) is 0 Å². The first-order valence-electron chi connectivity index (χ1n) is 8.84. The monoisotopic (exact) mass is 396 g/mol. The van der Waals surface area contributed by atoms with Gasteiger partial charge in [-0.15, -0.1) is 4.73 Å². The van der Waals surface area contributed by atoms with Crippen LogP contribution in [0.5, 0.6) is 11.8 Å². The summed E-state index contributed by atoms with van der Waals surface area (Å²) in [5.41, 5.74) is 1.23. The van der Waals surface area contributed by atoms with E-state index in [9.17, 15) is 25.0 Å². The molecular formula is C21H20N2O6. The molecule has 3 rings (SSSR count). The molecule has 2 aromatic carbocycles. The van der Waals surface area contributed by atoms with Crippen molar-refractivity contribution in [1.82, 2.24) is 10.0 Å². The highest BCUT2D eigenvalue weighted by Crippen LogP contribution is 2.27. The average Bonchev–Trinajstić information content (AvgIpc) is 3.00. The van der Waals surface area contributed by atoms with Crippen molar-refractivity contribution in [3.05, 3.63) is 83.4 Å². The molecule has 0 unspecified atom stereocenters. The summed E-state index contributed by atoms with van der Waals surface area (Å²) in [5, 5.41) is 31.4. The van der Waals surface area contributed by atoms with E-state index in [1.54, 1.807) is 36.4 Å². The Bertz CT molecular complexity index is 985. The highest BCUT2D eigenvalue weighted by atomic mass is 16.5. The van der Waals surface area contributed by atoms with Gasteiger partial charge in [-0.3, -0.25) is 4.79 Å². The molecule has 4 N–H and O–H groups in total. The van der Waals surface area contributed by atoms with Crippen LogP contribution in [0.4, 0.5) is 4.79 Å². The summed E-state index contributed by atoms with van der Waals surface area (Å²) in [7, 11) is 0. The predicted molar refractivity (Wildman–Crippen MR) is 103 cm³/mol. The van der Waals surface area contributed by atoms with E-state index in [1.807, 2.05) is 24.3 Å². The van der Waals surface area contributed by atoms with E-state index in [0.717, 1.165) is 17.2 Å². The lowest BCUT2D eigenvalue weighted by Gasteiger charge is -2.17. The lowest BCUT2D eigenvalue weighted by Crippen LogP contribution is -2.42. The van der Waals surface area contributed by atoms with Gasteiger partial charge in [-0.05, 0) is 11.1 Å². The van der Waals surface area contributed by atoms with Crippen LogP contribution in [-0.4, -0.2) is 38.1 Å². The summed E-state index contributed by atoms with van der Waals surface area (Å²) < 4.78 is 5.26. The molecule has 8 heteroatoms. The van der Waals surface area contributed by atoms with Crippen LogP contribution in [-0.2, 0) is 17.8 Å². The van der Waals surface area contributed by atoms with Gasteiger partial charge in [0.25, 0.3) is 0 Å². The lowest BCUT2D eigenvalue weighted by atomic mass is 9.99. The summed E-state index contributed by atoms with van der Waals surface area (Å²) in [4.78, 5) is 25.1. The first kappa shape index (κ1) is 19.8. The number of aromatic hydroxyl groups is 2. The molecule has 1 atom stereocenters. The van der Waals surface area contributed by atoms with Crippen LogP contribution in [0.15, 0.2) is 66.7 Å². The minimum Gasteiger partial charge on any atom is -0.492 e. The molecule has 29 heavy (non-hydrogen) atoms. The number of amides is 1. The molecule has 0 aliphatic carbocycles. The number of aromatic nitrogens is 1. The van der Waals surface area contributed by atoms with Gasteiger partial charge < -0.3 is 25.5 Å². The van der Waals surface area contributed by atoms with E-state index >= 15 is 0 Å². The summed E-state index contributed by atoms with van der Waals surface area (Å²) in [6, 6.07) is 17.9. The number of ketones is 1. The van der Waals surface area contributed by atoms with E-state index in [2.05, 4.69) is 5.32 Å². The summed E-state index contributed by atoms with van der Waals surface area (Å²) in [6.45, 7) is 0.0258. The number of Topliss-reactive ketones (excluding diaryl/α,β-unsaturated/α-hetero) is 1. The maximum atomic E-state index is 12.9. The zero-order valence-electron chi connectivity index (χ0n) is 15.4. The minimum absolute atomic E-state index is 0.0258. The third kappa shape index (κ3) is 4.86. The van der Waals surface area contributed by atoms with Crippen molar-refractivity contribution < 1.29 is 29.7 Å². The molecule has 0 aliphatic rings. The van der Waals surface area contributed by atoms with Gasteiger partial charge in [0, 0.05) is 12.5 Å². The van der Waals surface area contributed by atoms with Gasteiger partial charge in [-0.1, -0.05) is 60.7 Å². The SMILES string of the molecule is O=C(N[C@@H](Cc1ccccc1)C(=O)c1cc(O)n(O)c1O)OCc1ccccc1. The zero-order valence-corrected chi connectivity index (χ0v) is 15.4. The first-order valence-corrected chi connectivity index (χ1v) is 8.84. The number of carbonyl (C=O) groups excluding carboxylic acids is 2. The van der Waals surface area contributed by atoms with Crippen LogP contribution < -0.4 is 5.32 Å². The molecule has 150 valence electrons. The van der Waals surface area contributed by atoms with E-state index < -0.39 is 29.7 Å². The van der Waals surface area contributed by atoms with Crippen molar-refractivity contribution in [2.45, 2.75) is 19.1 Å². The molecule has 0 fully saturated rings. The molecule has 3 aromatic rings. The third-order valence-electron chi connectivity index (χ3n) is 4.30. The third-order valence-corrected chi connectivity index (χ3v) is 4.30. The standard InChI is InChI=1S/C21H20N2O6/c24-18-12-16(20(26)23(18)28)19(25)17(11-14-7-3-1-4-8-14)22-21(27)29-13-15-9-5-2-6-10-15/h1-10,12,17,24,26,28H,11,13H2,(H,22,27)/t17-/m0/s1. The Labute approximate surface area is 166 Å². The Hall–Kier alpha value is -3.94. The van der Waals surface area contributed by atoms with Gasteiger partial charge >= 0.3 is 6.09 Å². The number of benzene rings is 2. The van der Waals surface area contributed by atoms with Crippen molar-refractivity contribution >= 4 is 11.9 Å². The maximum Gasteiger partial charge on any atom is 0.408 e. The summed E-state index contributed by atoms with van der Waals surface area (Å²) in [5.74, 6) is -2.20. The number of nitrogens with one attached hydrogen (secondary N) is 1. The van der Waals surface area contributed by atoms with Crippen LogP contribution in [0.2, 0.25) is 0 Å². The first-order chi connectivity index (χ1) is 14.0. The van der Waals surface area contributed by atoms with Crippen LogP contribution >= 0.6 is 0 Å². The lowest BCUT2D eigenvalue weighted by molar-refractivity contribution is 0.0905. The molecular weight excluding hydrogens is 376 g/mol. The quantitative estimate of drug-likeness (QED) is 0.360. The Morgan fingerprint density at radius 3 is 2.10 bits per heavy atom. The molecule has 0 aliphatic heterocycles. The summed E-state index contributed by atoms with van der Waals surface area (Å²) >= 11 is 0. The number of ether oxygens (including phenoxy) is 1. The second-order valence-electron chi connectivity index (χ2n) is 6.36. The average molecular weight is 396 g/mol. The number of hydrogen-bond acceptors (Lipinski definition) is 6. The van der Waals surface area contributed by atoms with Crippen molar-refractivity contribution in [2.24, 2.45) is 0 Å². The fraction of sp³-hybridized carbons (Fsp3) is 0.143. The normalized spacial score (nSPS) is 11.6. The molecule has 0 saturated heterocycles. The van der Waals surface area contributed by atoms with Gasteiger partial charge in [-0.25, -0.2) is 4.79 Å². The summed E-state index contributed by atoms with van der Waals surface area (Å²) in [6.07, 6.45) is -0.688. The van der Waals surface area contributed by atoms with Crippen LogP contribution in [0.25, 0.3) is 0 Å². The largest absolute Gasteiger partial charge is 0.492 e. The second-order valence-corrected chi connectivity index (χ2v) is 6.36. The number of alkyl carbamates (subject to hydrolysis) is 1. The Kier molecular flexibility index (Phi) is 6.03. The number of nitrogens with zero attached hydrogens (tertiary/aromatic N) is 1. The molecule has 0 bridgehead atoms. The Morgan fingerprint density at radius 1 is 0.966 bits per heavy atom. The molecule has 0 saturated carbocycles. The van der Waals surface area contributed by atoms with Gasteiger partial charge in [0.15, 0.2) is 5.78 Å². The highest BCUT2D eigenvalue weighted by molar-refractivity contribution is 6.03. The molecule has 1 aromatic heterocycles. The zero-order chi connectivity index (χ0) is 20.8. The van der Waals surface area contributed by atoms with Gasteiger partial charge in [0.1, 0.15) is 6.61 Å². The van der Waals surface area contributed by atoms with Gasteiger partial charge in [0.2, 0.25) is 11.8 Å². The van der Waals surface area contributed by atoms with Crippen LogP contribution in [0.1, 0.15) is 21.5 Å². The predicted octanol–water partition coefficient (Wildman–Crippen LogP) is 2.86. The van der Waals surface area contributed by atoms with Crippen LogP contribution in [0.3, 0.4) is 0 Å². The maximum absolute atomic E-state index is 12.9. The topological polar surface area (TPSA) is 121 Å². The minimum atomic E-state index is -1.09. The number of hydrogen-bond donors (Lipinski definition) is 4. The fourth-order valence-electron chi connectivity index (χ4n) is 2.81. The Balaban J connectivity index is 1.76. The van der Waals surface area contributed by atoms with E-state index in [4.69, 9.17) is 4.74 Å². The smallest absolute Gasteiger partial charge is 0.408 e. The van der Waals surface area contributed by atoms with Gasteiger partial charge in [-0.2, -0.15) is 0 Å². The molecule has 1 amide bonds. The van der Waals surface area contributed by atoms with Gasteiger partial charge in [0.05, 0.1) is 11.6 Å². The van der Waals surface area contributed by atoms with E-state index in [-0.39, 0.29) is 23.3 Å². The molecule has 0 spiro atoms. The molecule has 0 radical (unpaired) electrons. The van der Waals surface area contributed by atoms with E-state index in [0.29, 0.717) is 0 Å². The van der Waals surface area contributed by atoms with Crippen molar-refractivity contribution in [3.8, 4) is 11.8 Å². The number of rotatable bonds is 7. The highest BCUT2D eigenvalue weighted by Gasteiger charge is 2.28. The fourth-order valence-corrected chi connectivity index (χ4v) is 2.81. The van der Waals surface area contributed by atoms with Crippen molar-refractivity contribution in [1.29, 1.82) is 0 Å². The molecule has 1 heterocycles. The molecule has 8 nitrogen and oxygen atoms in total. The number of carbonyl (C=O) groups is 2.